The summed E-state index contributed by atoms with van der Waals surface area (Å²) >= 11 is 1.38. The minimum atomic E-state index is -0.849. The Hall–Kier alpha value is -1.51. The van der Waals surface area contributed by atoms with Crippen LogP contribution in [0.25, 0.3) is 0 Å². The van der Waals surface area contributed by atoms with Gasteiger partial charge >= 0.3 is 5.97 Å². The van der Waals surface area contributed by atoms with Crippen molar-refractivity contribution in [1.82, 2.24) is 9.88 Å². The number of carboxylic acid groups (broad SMARTS) is 1. The molecule has 1 unspecified atom stereocenters. The first-order chi connectivity index (χ1) is 9.52. The second kappa shape index (κ2) is 6.78. The quantitative estimate of drug-likeness (QED) is 0.834. The number of morpholine rings is 1. The monoisotopic (exact) mass is 299 g/mol. The highest BCUT2D eigenvalue weighted by Gasteiger charge is 2.23. The molecule has 0 aliphatic carbocycles. The Bertz CT molecular complexity index is 491. The van der Waals surface area contributed by atoms with Crippen LogP contribution in [-0.2, 0) is 20.9 Å². The minimum Gasteiger partial charge on any atom is -0.481 e. The summed E-state index contributed by atoms with van der Waals surface area (Å²) in [5, 5.41) is 13.9. The normalized spacial score (nSPS) is 19.8. The zero-order valence-corrected chi connectivity index (χ0v) is 12.0. The fourth-order valence-corrected chi connectivity index (χ4v) is 2.81. The SMILES string of the molecule is CC(=O)Nc1nc(CN2CCOC(CC(=O)O)C2)cs1. The topological polar surface area (TPSA) is 91.8 Å². The standard InChI is InChI=1S/C12H17N3O4S/c1-8(16)13-12-14-9(7-20-12)5-15-2-3-19-10(6-15)4-11(17)18/h7,10H,2-6H2,1H3,(H,17,18)(H,13,14,16). The Morgan fingerprint density at radius 2 is 2.45 bits per heavy atom. The van der Waals surface area contributed by atoms with E-state index in [9.17, 15) is 9.59 Å². The van der Waals surface area contributed by atoms with Gasteiger partial charge < -0.3 is 15.2 Å². The number of carboxylic acids is 1. The first-order valence-corrected chi connectivity index (χ1v) is 7.18. The van der Waals surface area contributed by atoms with Crippen LogP contribution in [0.4, 0.5) is 5.13 Å². The Morgan fingerprint density at radius 1 is 1.65 bits per heavy atom. The van der Waals surface area contributed by atoms with Crippen molar-refractivity contribution in [3.63, 3.8) is 0 Å². The molecule has 7 nitrogen and oxygen atoms in total. The van der Waals surface area contributed by atoms with Crippen LogP contribution in [0.3, 0.4) is 0 Å². The summed E-state index contributed by atoms with van der Waals surface area (Å²) in [7, 11) is 0. The van der Waals surface area contributed by atoms with Gasteiger partial charge in [0.15, 0.2) is 5.13 Å². The molecule has 2 rings (SSSR count). The molecule has 1 saturated heterocycles. The van der Waals surface area contributed by atoms with E-state index in [2.05, 4.69) is 15.2 Å². The maximum atomic E-state index is 10.9. The van der Waals surface area contributed by atoms with E-state index < -0.39 is 5.97 Å². The van der Waals surface area contributed by atoms with Gasteiger partial charge in [-0.05, 0) is 0 Å². The Labute approximate surface area is 120 Å². The van der Waals surface area contributed by atoms with Gasteiger partial charge in [0.1, 0.15) is 0 Å². The molecule has 1 aliphatic heterocycles. The fraction of sp³-hybridized carbons (Fsp3) is 0.583. The maximum absolute atomic E-state index is 10.9. The van der Waals surface area contributed by atoms with Crippen LogP contribution >= 0.6 is 11.3 Å². The molecule has 0 aromatic carbocycles. The van der Waals surface area contributed by atoms with E-state index in [0.717, 1.165) is 12.2 Å². The number of hydrogen-bond acceptors (Lipinski definition) is 6. The molecule has 2 heterocycles. The summed E-state index contributed by atoms with van der Waals surface area (Å²) < 4.78 is 5.42. The van der Waals surface area contributed by atoms with Crippen LogP contribution in [0.15, 0.2) is 5.38 Å². The van der Waals surface area contributed by atoms with Crippen molar-refractivity contribution in [3.8, 4) is 0 Å². The number of amides is 1. The first kappa shape index (κ1) is 14.9. The van der Waals surface area contributed by atoms with E-state index in [0.29, 0.717) is 24.8 Å². The summed E-state index contributed by atoms with van der Waals surface area (Å²) in [6, 6.07) is 0. The lowest BCUT2D eigenvalue weighted by atomic mass is 10.2. The van der Waals surface area contributed by atoms with E-state index in [-0.39, 0.29) is 18.4 Å². The number of carbonyl (C=O) groups is 2. The number of nitrogens with one attached hydrogen (secondary N) is 1. The minimum absolute atomic E-state index is 0.0186. The molecule has 8 heteroatoms. The summed E-state index contributed by atoms with van der Waals surface area (Å²) in [5.74, 6) is -0.989. The third-order valence-corrected chi connectivity index (χ3v) is 3.65. The molecule has 110 valence electrons. The van der Waals surface area contributed by atoms with Crippen LogP contribution in [0, 0.1) is 0 Å². The Balaban J connectivity index is 1.87. The van der Waals surface area contributed by atoms with E-state index >= 15 is 0 Å². The molecule has 0 spiro atoms. The molecule has 0 saturated carbocycles. The molecule has 1 aliphatic rings. The molecule has 20 heavy (non-hydrogen) atoms. The number of ether oxygens (including phenoxy) is 1. The van der Waals surface area contributed by atoms with Gasteiger partial charge in [-0.25, -0.2) is 4.98 Å². The Kier molecular flexibility index (Phi) is 5.05. The van der Waals surface area contributed by atoms with Crippen LogP contribution in [0.1, 0.15) is 19.0 Å². The molecular weight excluding hydrogens is 282 g/mol. The molecular formula is C12H17N3O4S. The summed E-state index contributed by atoms with van der Waals surface area (Å²) in [6.45, 7) is 3.94. The summed E-state index contributed by atoms with van der Waals surface area (Å²) in [6.07, 6.45) is -0.250. The molecule has 2 N–H and O–H groups in total. The summed E-state index contributed by atoms with van der Waals surface area (Å²) in [5.41, 5.74) is 0.870. The van der Waals surface area contributed by atoms with Crippen LogP contribution in [0.2, 0.25) is 0 Å². The van der Waals surface area contributed by atoms with Crippen molar-refractivity contribution >= 4 is 28.3 Å². The number of hydrogen-bond donors (Lipinski definition) is 2. The lowest BCUT2D eigenvalue weighted by Crippen LogP contribution is -2.42. The lowest BCUT2D eigenvalue weighted by molar-refractivity contribution is -0.142. The van der Waals surface area contributed by atoms with Gasteiger partial charge in [0.25, 0.3) is 0 Å². The highest BCUT2D eigenvalue weighted by Crippen LogP contribution is 2.18. The average molecular weight is 299 g/mol. The number of aliphatic carboxylic acids is 1. The molecule has 1 atom stereocenters. The second-order valence-electron chi connectivity index (χ2n) is 4.65. The number of nitrogens with zero attached hydrogens (tertiary/aromatic N) is 2. The van der Waals surface area contributed by atoms with E-state index in [1.54, 1.807) is 0 Å². The van der Waals surface area contributed by atoms with E-state index in [4.69, 9.17) is 9.84 Å². The molecule has 0 bridgehead atoms. The molecule has 1 amide bonds. The van der Waals surface area contributed by atoms with Gasteiger partial charge in [-0.15, -0.1) is 11.3 Å². The van der Waals surface area contributed by atoms with Gasteiger partial charge in [-0.3, -0.25) is 14.5 Å². The number of carbonyl (C=O) groups excluding carboxylic acids is 1. The van der Waals surface area contributed by atoms with Crippen LogP contribution in [-0.4, -0.2) is 52.7 Å². The average Bonchev–Trinajstić information content (AvgIpc) is 2.75. The third-order valence-electron chi connectivity index (χ3n) is 2.85. The predicted octanol–water partition coefficient (Wildman–Crippen LogP) is 0.777. The van der Waals surface area contributed by atoms with Gasteiger partial charge in [0.2, 0.25) is 5.91 Å². The van der Waals surface area contributed by atoms with Crippen molar-refractivity contribution in [1.29, 1.82) is 0 Å². The van der Waals surface area contributed by atoms with E-state index in [1.165, 1.54) is 18.3 Å². The first-order valence-electron chi connectivity index (χ1n) is 6.30. The van der Waals surface area contributed by atoms with Gasteiger partial charge in [-0.1, -0.05) is 0 Å². The van der Waals surface area contributed by atoms with Crippen molar-refractivity contribution in [2.24, 2.45) is 0 Å². The smallest absolute Gasteiger partial charge is 0.306 e. The van der Waals surface area contributed by atoms with E-state index in [1.807, 2.05) is 5.38 Å². The molecule has 1 aromatic rings. The van der Waals surface area contributed by atoms with Crippen LogP contribution < -0.4 is 5.32 Å². The van der Waals surface area contributed by atoms with Gasteiger partial charge in [0, 0.05) is 31.9 Å². The maximum Gasteiger partial charge on any atom is 0.306 e. The van der Waals surface area contributed by atoms with Crippen molar-refractivity contribution in [3.05, 3.63) is 11.1 Å². The fourth-order valence-electron chi connectivity index (χ4n) is 2.06. The summed E-state index contributed by atoms with van der Waals surface area (Å²) in [4.78, 5) is 28.1. The number of thiazole rings is 1. The highest BCUT2D eigenvalue weighted by molar-refractivity contribution is 7.13. The van der Waals surface area contributed by atoms with Crippen molar-refractivity contribution < 1.29 is 19.4 Å². The molecule has 1 aromatic heterocycles. The zero-order chi connectivity index (χ0) is 14.5. The Morgan fingerprint density at radius 3 is 3.15 bits per heavy atom. The van der Waals surface area contributed by atoms with Gasteiger partial charge in [-0.2, -0.15) is 0 Å². The van der Waals surface area contributed by atoms with Crippen LogP contribution in [0.5, 0.6) is 0 Å². The lowest BCUT2D eigenvalue weighted by Gasteiger charge is -2.31. The second-order valence-corrected chi connectivity index (χ2v) is 5.51. The molecule has 1 fully saturated rings. The number of anilines is 1. The van der Waals surface area contributed by atoms with Crippen molar-refractivity contribution in [2.45, 2.75) is 26.0 Å². The third kappa shape index (κ3) is 4.55. The predicted molar refractivity (Wildman–Crippen MR) is 73.7 cm³/mol. The van der Waals surface area contributed by atoms with Crippen molar-refractivity contribution in [2.75, 3.05) is 25.0 Å². The number of rotatable bonds is 5. The zero-order valence-electron chi connectivity index (χ0n) is 11.2. The van der Waals surface area contributed by atoms with Gasteiger partial charge in [0.05, 0.1) is 24.8 Å². The molecule has 0 radical (unpaired) electrons. The highest BCUT2D eigenvalue weighted by atomic mass is 32.1. The largest absolute Gasteiger partial charge is 0.481 e. The number of aromatic nitrogens is 1.